The lowest BCUT2D eigenvalue weighted by Crippen LogP contribution is -2.47. The first-order valence-electron chi connectivity index (χ1n) is 7.81. The first-order chi connectivity index (χ1) is 10.6. The van der Waals surface area contributed by atoms with Gasteiger partial charge in [0, 0.05) is 12.6 Å². The van der Waals surface area contributed by atoms with Crippen LogP contribution in [0.5, 0.6) is 5.75 Å². The van der Waals surface area contributed by atoms with Gasteiger partial charge in [-0.3, -0.25) is 9.59 Å². The normalized spacial score (nSPS) is 21.0. The van der Waals surface area contributed by atoms with Crippen molar-refractivity contribution in [2.75, 3.05) is 7.11 Å². The van der Waals surface area contributed by atoms with Gasteiger partial charge in [0.25, 0.3) is 0 Å². The van der Waals surface area contributed by atoms with Gasteiger partial charge in [0.15, 0.2) is 0 Å². The second-order valence-electron chi connectivity index (χ2n) is 5.87. The molecule has 1 saturated carbocycles. The van der Waals surface area contributed by atoms with Crippen LogP contribution in [0.25, 0.3) is 0 Å². The van der Waals surface area contributed by atoms with E-state index in [1.165, 1.54) is 6.42 Å². The molecule has 5 heteroatoms. The third-order valence-corrected chi connectivity index (χ3v) is 4.25. The zero-order chi connectivity index (χ0) is 15.9. The van der Waals surface area contributed by atoms with E-state index in [4.69, 9.17) is 4.74 Å². The molecular weight excluding hydrogens is 280 g/mol. The molecule has 2 amide bonds. The third-order valence-electron chi connectivity index (χ3n) is 4.25. The maximum absolute atomic E-state index is 11.9. The van der Waals surface area contributed by atoms with Gasteiger partial charge >= 0.3 is 11.8 Å². The number of ether oxygens (including phenoxy) is 1. The quantitative estimate of drug-likeness (QED) is 0.836. The van der Waals surface area contributed by atoms with Crippen molar-refractivity contribution < 1.29 is 14.3 Å². The van der Waals surface area contributed by atoms with E-state index in [1.54, 1.807) is 7.11 Å². The van der Waals surface area contributed by atoms with Crippen molar-refractivity contribution in [3.63, 3.8) is 0 Å². The summed E-state index contributed by atoms with van der Waals surface area (Å²) in [5.41, 5.74) is 0.924. The molecule has 1 aliphatic rings. The molecule has 1 aromatic rings. The van der Waals surface area contributed by atoms with Gasteiger partial charge in [-0.2, -0.15) is 0 Å². The summed E-state index contributed by atoms with van der Waals surface area (Å²) in [5.74, 6) is 0.0899. The Morgan fingerprint density at radius 2 is 1.82 bits per heavy atom. The van der Waals surface area contributed by atoms with Gasteiger partial charge in [-0.1, -0.05) is 31.9 Å². The van der Waals surface area contributed by atoms with E-state index in [0.717, 1.165) is 30.6 Å². The summed E-state index contributed by atoms with van der Waals surface area (Å²) in [6.45, 7) is 2.45. The Bertz CT molecular complexity index is 513. The summed E-state index contributed by atoms with van der Waals surface area (Å²) < 4.78 is 5.08. The molecule has 120 valence electrons. The summed E-state index contributed by atoms with van der Waals surface area (Å²) in [6, 6.07) is 7.49. The molecule has 1 aromatic carbocycles. The molecule has 0 spiro atoms. The van der Waals surface area contributed by atoms with Crippen LogP contribution in [0.15, 0.2) is 24.3 Å². The van der Waals surface area contributed by atoms with Crippen molar-refractivity contribution in [1.82, 2.24) is 10.6 Å². The largest absolute Gasteiger partial charge is 0.497 e. The van der Waals surface area contributed by atoms with Crippen LogP contribution < -0.4 is 15.4 Å². The third kappa shape index (κ3) is 4.48. The van der Waals surface area contributed by atoms with Crippen LogP contribution in [0.3, 0.4) is 0 Å². The monoisotopic (exact) mass is 304 g/mol. The fraction of sp³-hybridized carbons (Fsp3) is 0.529. The Kier molecular flexibility index (Phi) is 5.81. The number of amides is 2. The lowest BCUT2D eigenvalue weighted by atomic mass is 9.86. The first kappa shape index (κ1) is 16.3. The van der Waals surface area contributed by atoms with Crippen molar-refractivity contribution in [3.05, 3.63) is 29.8 Å². The number of hydrogen-bond donors (Lipinski definition) is 2. The summed E-state index contributed by atoms with van der Waals surface area (Å²) >= 11 is 0. The number of carbonyl (C=O) groups excluding carboxylic acids is 2. The lowest BCUT2D eigenvalue weighted by Gasteiger charge is -2.29. The van der Waals surface area contributed by atoms with Crippen molar-refractivity contribution in [1.29, 1.82) is 0 Å². The van der Waals surface area contributed by atoms with Gasteiger partial charge in [-0.15, -0.1) is 0 Å². The van der Waals surface area contributed by atoms with Gasteiger partial charge < -0.3 is 15.4 Å². The summed E-state index contributed by atoms with van der Waals surface area (Å²) in [5, 5.41) is 5.50. The predicted molar refractivity (Wildman–Crippen MR) is 84.4 cm³/mol. The summed E-state index contributed by atoms with van der Waals surface area (Å²) in [4.78, 5) is 23.8. The number of carbonyl (C=O) groups is 2. The molecule has 1 fully saturated rings. The van der Waals surface area contributed by atoms with Crippen LogP contribution >= 0.6 is 0 Å². The van der Waals surface area contributed by atoms with E-state index in [1.807, 2.05) is 24.3 Å². The van der Waals surface area contributed by atoms with Crippen LogP contribution in [0.4, 0.5) is 0 Å². The zero-order valence-corrected chi connectivity index (χ0v) is 13.2. The number of rotatable bonds is 4. The molecule has 0 saturated heterocycles. The Morgan fingerprint density at radius 1 is 1.14 bits per heavy atom. The Balaban J connectivity index is 1.79. The molecule has 5 nitrogen and oxygen atoms in total. The minimum atomic E-state index is -0.575. The molecule has 22 heavy (non-hydrogen) atoms. The predicted octanol–water partition coefficient (Wildman–Crippen LogP) is 2.01. The molecule has 0 aliphatic heterocycles. The number of hydrogen-bond acceptors (Lipinski definition) is 3. The van der Waals surface area contributed by atoms with Crippen LogP contribution in [0, 0.1) is 5.92 Å². The summed E-state index contributed by atoms with van der Waals surface area (Å²) in [6.07, 6.45) is 4.39. The average Bonchev–Trinajstić information content (AvgIpc) is 2.55. The molecule has 1 aliphatic carbocycles. The number of nitrogens with one attached hydrogen (secondary N) is 2. The second-order valence-corrected chi connectivity index (χ2v) is 5.87. The van der Waals surface area contributed by atoms with Gasteiger partial charge in [0.05, 0.1) is 7.11 Å². The van der Waals surface area contributed by atoms with E-state index < -0.39 is 11.8 Å². The van der Waals surface area contributed by atoms with E-state index in [2.05, 4.69) is 17.6 Å². The van der Waals surface area contributed by atoms with Crippen LogP contribution in [0.2, 0.25) is 0 Å². The lowest BCUT2D eigenvalue weighted by molar-refractivity contribution is -0.140. The molecule has 0 heterocycles. The highest BCUT2D eigenvalue weighted by Crippen LogP contribution is 2.23. The number of benzene rings is 1. The molecule has 0 aromatic heterocycles. The van der Waals surface area contributed by atoms with E-state index in [0.29, 0.717) is 12.5 Å². The van der Waals surface area contributed by atoms with Crippen molar-refractivity contribution in [2.24, 2.45) is 5.92 Å². The molecule has 2 rings (SSSR count). The number of methoxy groups -OCH3 is 1. The fourth-order valence-electron chi connectivity index (χ4n) is 2.77. The highest BCUT2D eigenvalue weighted by Gasteiger charge is 2.25. The van der Waals surface area contributed by atoms with E-state index >= 15 is 0 Å². The second kappa shape index (κ2) is 7.82. The van der Waals surface area contributed by atoms with Crippen molar-refractivity contribution in [3.8, 4) is 5.75 Å². The molecular formula is C17H24N2O3. The highest BCUT2D eigenvalue weighted by molar-refractivity contribution is 6.35. The van der Waals surface area contributed by atoms with Crippen LogP contribution in [0.1, 0.15) is 38.2 Å². The molecule has 2 N–H and O–H groups in total. The van der Waals surface area contributed by atoms with Gasteiger partial charge in [-0.25, -0.2) is 0 Å². The highest BCUT2D eigenvalue weighted by atomic mass is 16.5. The Morgan fingerprint density at radius 3 is 2.45 bits per heavy atom. The fourth-order valence-corrected chi connectivity index (χ4v) is 2.77. The minimum absolute atomic E-state index is 0.119. The SMILES string of the molecule is COc1ccc(CNC(=O)C(=O)NC2CCCCC2C)cc1. The average molecular weight is 304 g/mol. The maximum atomic E-state index is 11.9. The topological polar surface area (TPSA) is 67.4 Å². The standard InChI is InChI=1S/C17H24N2O3/c1-12-5-3-4-6-15(12)19-17(21)16(20)18-11-13-7-9-14(22-2)10-8-13/h7-10,12,15H,3-6,11H2,1-2H3,(H,18,20)(H,19,21). The molecule has 0 bridgehead atoms. The first-order valence-corrected chi connectivity index (χ1v) is 7.81. The Labute approximate surface area is 131 Å². The minimum Gasteiger partial charge on any atom is -0.497 e. The van der Waals surface area contributed by atoms with Gasteiger partial charge in [-0.05, 0) is 36.5 Å². The molecule has 0 radical (unpaired) electrons. The van der Waals surface area contributed by atoms with Crippen molar-refractivity contribution >= 4 is 11.8 Å². The summed E-state index contributed by atoms with van der Waals surface area (Å²) in [7, 11) is 1.60. The van der Waals surface area contributed by atoms with Gasteiger partial charge in [0.2, 0.25) is 0 Å². The molecule has 2 unspecified atom stereocenters. The van der Waals surface area contributed by atoms with Crippen LogP contribution in [-0.4, -0.2) is 25.0 Å². The zero-order valence-electron chi connectivity index (χ0n) is 13.2. The van der Waals surface area contributed by atoms with Gasteiger partial charge in [0.1, 0.15) is 5.75 Å². The maximum Gasteiger partial charge on any atom is 0.309 e. The molecule has 2 atom stereocenters. The Hall–Kier alpha value is -2.04. The van der Waals surface area contributed by atoms with Crippen LogP contribution in [-0.2, 0) is 16.1 Å². The van der Waals surface area contributed by atoms with E-state index in [-0.39, 0.29) is 6.04 Å². The smallest absolute Gasteiger partial charge is 0.309 e. The van der Waals surface area contributed by atoms with Crippen molar-refractivity contribution in [2.45, 2.75) is 45.2 Å². The van der Waals surface area contributed by atoms with E-state index in [9.17, 15) is 9.59 Å².